The van der Waals surface area contributed by atoms with Crippen molar-refractivity contribution < 1.29 is 14.6 Å². The van der Waals surface area contributed by atoms with Crippen molar-refractivity contribution in [3.8, 4) is 0 Å². The number of carbonyl (C=O) groups is 1. The first-order valence-corrected chi connectivity index (χ1v) is 6.46. The maximum atomic E-state index is 11.9. The molecule has 4 nitrogen and oxygen atoms in total. The fourth-order valence-electron chi connectivity index (χ4n) is 1.80. The molecule has 0 radical (unpaired) electrons. The number of carbonyl (C=O) groups excluding carboxylic acids is 1. The Bertz CT molecular complexity index is 390. The summed E-state index contributed by atoms with van der Waals surface area (Å²) >= 11 is 0. The summed E-state index contributed by atoms with van der Waals surface area (Å²) in [5.74, 6) is -0.109. The van der Waals surface area contributed by atoms with Crippen molar-refractivity contribution in [2.45, 2.75) is 38.3 Å². The first kappa shape index (κ1) is 15.7. The molecule has 0 aliphatic rings. The minimum atomic E-state index is -0.489. The molecule has 106 valence electrons. The lowest BCUT2D eigenvalue weighted by Gasteiger charge is -2.24. The summed E-state index contributed by atoms with van der Waals surface area (Å²) in [6.07, 6.45) is 0.894. The highest BCUT2D eigenvalue weighted by atomic mass is 16.5. The number of methoxy groups -OCH3 is 1. The molecule has 1 rings (SSSR count). The number of nitrogens with one attached hydrogen (secondary N) is 1. The minimum Gasteiger partial charge on any atom is -0.394 e. The van der Waals surface area contributed by atoms with Crippen molar-refractivity contribution >= 4 is 5.91 Å². The molecule has 1 aromatic carbocycles. The van der Waals surface area contributed by atoms with Gasteiger partial charge in [0.1, 0.15) is 0 Å². The van der Waals surface area contributed by atoms with E-state index in [4.69, 9.17) is 4.74 Å². The molecule has 0 aliphatic heterocycles. The second-order valence-electron chi connectivity index (χ2n) is 5.28. The summed E-state index contributed by atoms with van der Waals surface area (Å²) in [5, 5.41) is 12.2. The Balaban J connectivity index is 2.51. The van der Waals surface area contributed by atoms with E-state index < -0.39 is 5.60 Å². The summed E-state index contributed by atoms with van der Waals surface area (Å²) < 4.78 is 5.22. The van der Waals surface area contributed by atoms with Crippen LogP contribution in [0.5, 0.6) is 0 Å². The quantitative estimate of drug-likeness (QED) is 0.786. The van der Waals surface area contributed by atoms with Gasteiger partial charge < -0.3 is 15.2 Å². The zero-order chi connectivity index (χ0) is 14.3. The normalized spacial score (nSPS) is 13.1. The van der Waals surface area contributed by atoms with E-state index >= 15 is 0 Å². The predicted octanol–water partition coefficient (Wildman–Crippen LogP) is 1.52. The van der Waals surface area contributed by atoms with Gasteiger partial charge in [-0.15, -0.1) is 0 Å². The van der Waals surface area contributed by atoms with E-state index in [1.54, 1.807) is 7.11 Å². The first-order valence-electron chi connectivity index (χ1n) is 6.46. The fourth-order valence-corrected chi connectivity index (χ4v) is 1.80. The Kier molecular flexibility index (Phi) is 5.99. The SMILES string of the molecule is COC(C)(C)CC(=O)N[C@@H](CO)Cc1ccccc1. The Morgan fingerprint density at radius 3 is 2.53 bits per heavy atom. The number of benzene rings is 1. The monoisotopic (exact) mass is 265 g/mol. The van der Waals surface area contributed by atoms with Crippen LogP contribution >= 0.6 is 0 Å². The van der Waals surface area contributed by atoms with Crippen molar-refractivity contribution in [3.05, 3.63) is 35.9 Å². The smallest absolute Gasteiger partial charge is 0.223 e. The van der Waals surface area contributed by atoms with Gasteiger partial charge in [0.15, 0.2) is 0 Å². The van der Waals surface area contributed by atoms with Crippen LogP contribution in [0.4, 0.5) is 0 Å². The van der Waals surface area contributed by atoms with E-state index in [0.717, 1.165) is 5.56 Å². The molecule has 1 atom stereocenters. The van der Waals surface area contributed by atoms with Gasteiger partial charge in [-0.05, 0) is 25.8 Å². The average molecular weight is 265 g/mol. The van der Waals surface area contributed by atoms with Gasteiger partial charge in [-0.1, -0.05) is 30.3 Å². The van der Waals surface area contributed by atoms with Crippen molar-refractivity contribution in [1.29, 1.82) is 0 Å². The van der Waals surface area contributed by atoms with Gasteiger partial charge in [0, 0.05) is 7.11 Å². The van der Waals surface area contributed by atoms with Gasteiger partial charge in [0.05, 0.1) is 24.7 Å². The molecule has 1 amide bonds. The van der Waals surface area contributed by atoms with Crippen molar-refractivity contribution in [3.63, 3.8) is 0 Å². The number of ether oxygens (including phenoxy) is 1. The molecule has 0 saturated carbocycles. The number of aliphatic hydroxyl groups is 1. The van der Waals surface area contributed by atoms with Crippen molar-refractivity contribution in [2.75, 3.05) is 13.7 Å². The Morgan fingerprint density at radius 1 is 1.37 bits per heavy atom. The van der Waals surface area contributed by atoms with Crippen molar-refractivity contribution in [1.82, 2.24) is 5.32 Å². The highest BCUT2D eigenvalue weighted by molar-refractivity contribution is 5.77. The first-order chi connectivity index (χ1) is 8.96. The van der Waals surface area contributed by atoms with E-state index in [2.05, 4.69) is 5.32 Å². The molecule has 0 spiro atoms. The van der Waals surface area contributed by atoms with Crippen LogP contribution in [0.1, 0.15) is 25.8 Å². The van der Waals surface area contributed by atoms with E-state index in [0.29, 0.717) is 6.42 Å². The maximum absolute atomic E-state index is 11.9. The molecule has 0 fully saturated rings. The van der Waals surface area contributed by atoms with E-state index in [-0.39, 0.29) is 25.0 Å². The summed E-state index contributed by atoms with van der Waals surface area (Å²) in [6, 6.07) is 9.53. The molecule has 0 heterocycles. The van der Waals surface area contributed by atoms with Gasteiger partial charge in [0.2, 0.25) is 5.91 Å². The van der Waals surface area contributed by atoms with E-state index in [9.17, 15) is 9.90 Å². The molecule has 0 saturated heterocycles. The lowest BCUT2D eigenvalue weighted by Crippen LogP contribution is -2.42. The van der Waals surface area contributed by atoms with Crippen LogP contribution in [0.2, 0.25) is 0 Å². The van der Waals surface area contributed by atoms with Crippen molar-refractivity contribution in [2.24, 2.45) is 0 Å². The fraction of sp³-hybridized carbons (Fsp3) is 0.533. The third-order valence-corrected chi connectivity index (χ3v) is 3.05. The molecule has 0 aromatic heterocycles. The van der Waals surface area contributed by atoms with Crippen LogP contribution in [0, 0.1) is 0 Å². The molecule has 0 bridgehead atoms. The predicted molar refractivity (Wildman–Crippen MR) is 74.9 cm³/mol. The second-order valence-corrected chi connectivity index (χ2v) is 5.28. The molecular weight excluding hydrogens is 242 g/mol. The molecule has 0 unspecified atom stereocenters. The Labute approximate surface area is 114 Å². The third kappa shape index (κ3) is 5.85. The lowest BCUT2D eigenvalue weighted by atomic mass is 10.0. The van der Waals surface area contributed by atoms with Gasteiger partial charge in [0.25, 0.3) is 0 Å². The number of rotatable bonds is 7. The van der Waals surface area contributed by atoms with Gasteiger partial charge >= 0.3 is 0 Å². The summed E-state index contributed by atoms with van der Waals surface area (Å²) in [7, 11) is 1.58. The minimum absolute atomic E-state index is 0.0754. The van der Waals surface area contributed by atoms with Crippen LogP contribution in [-0.2, 0) is 16.0 Å². The molecule has 0 aliphatic carbocycles. The number of aliphatic hydroxyl groups excluding tert-OH is 1. The van der Waals surface area contributed by atoms with Crippen LogP contribution in [0.15, 0.2) is 30.3 Å². The number of hydrogen-bond donors (Lipinski definition) is 2. The molecule has 4 heteroatoms. The standard InChI is InChI=1S/C15H23NO3/c1-15(2,19-3)10-14(18)16-13(11-17)9-12-7-5-4-6-8-12/h4-8,13,17H,9-11H2,1-3H3,(H,16,18)/t13-/m1/s1. The highest BCUT2D eigenvalue weighted by Gasteiger charge is 2.22. The van der Waals surface area contributed by atoms with Gasteiger partial charge in [-0.2, -0.15) is 0 Å². The highest BCUT2D eigenvalue weighted by Crippen LogP contribution is 2.13. The lowest BCUT2D eigenvalue weighted by molar-refractivity contribution is -0.127. The molecular formula is C15H23NO3. The topological polar surface area (TPSA) is 58.6 Å². The largest absolute Gasteiger partial charge is 0.394 e. The summed E-state index contributed by atoms with van der Waals surface area (Å²) in [5.41, 5.74) is 0.601. The molecule has 19 heavy (non-hydrogen) atoms. The zero-order valence-electron chi connectivity index (χ0n) is 11.8. The summed E-state index contributed by atoms with van der Waals surface area (Å²) in [4.78, 5) is 11.9. The van der Waals surface area contributed by atoms with Gasteiger partial charge in [-0.25, -0.2) is 0 Å². The Hall–Kier alpha value is -1.39. The zero-order valence-corrected chi connectivity index (χ0v) is 11.8. The second kappa shape index (κ2) is 7.26. The average Bonchev–Trinajstić information content (AvgIpc) is 2.38. The van der Waals surface area contributed by atoms with E-state index in [1.807, 2.05) is 44.2 Å². The third-order valence-electron chi connectivity index (χ3n) is 3.05. The molecule has 2 N–H and O–H groups in total. The number of hydrogen-bond acceptors (Lipinski definition) is 3. The number of amides is 1. The summed E-state index contributed by atoms with van der Waals surface area (Å²) in [6.45, 7) is 3.64. The van der Waals surface area contributed by atoms with E-state index in [1.165, 1.54) is 0 Å². The Morgan fingerprint density at radius 2 is 2.00 bits per heavy atom. The van der Waals surface area contributed by atoms with Crippen LogP contribution in [0.25, 0.3) is 0 Å². The van der Waals surface area contributed by atoms with Crippen LogP contribution in [-0.4, -0.2) is 36.4 Å². The maximum Gasteiger partial charge on any atom is 0.223 e. The molecule has 1 aromatic rings. The van der Waals surface area contributed by atoms with Crippen LogP contribution in [0.3, 0.4) is 0 Å². The van der Waals surface area contributed by atoms with Crippen LogP contribution < -0.4 is 5.32 Å². The van der Waals surface area contributed by atoms with Gasteiger partial charge in [-0.3, -0.25) is 4.79 Å².